The third-order valence-electron chi connectivity index (χ3n) is 5.32. The predicted molar refractivity (Wildman–Crippen MR) is 111 cm³/mol. The lowest BCUT2D eigenvalue weighted by Gasteiger charge is -2.08. The van der Waals surface area contributed by atoms with Crippen LogP contribution in [0.2, 0.25) is 0 Å². The van der Waals surface area contributed by atoms with Gasteiger partial charge in [0.05, 0.1) is 23.0 Å². The molecule has 0 saturated heterocycles. The Balaban J connectivity index is 1.49. The van der Waals surface area contributed by atoms with Crippen LogP contribution < -0.4 is 5.32 Å². The molecule has 0 bridgehead atoms. The number of ketones is 1. The monoisotopic (exact) mass is 403 g/mol. The van der Waals surface area contributed by atoms with E-state index < -0.39 is 5.97 Å². The zero-order chi connectivity index (χ0) is 21.4. The van der Waals surface area contributed by atoms with Crippen LogP contribution in [0.15, 0.2) is 48.5 Å². The Hall–Kier alpha value is -3.74. The first-order valence-corrected chi connectivity index (χ1v) is 9.63. The quantitative estimate of drug-likeness (QED) is 0.519. The number of esters is 1. The van der Waals surface area contributed by atoms with E-state index in [0.717, 1.165) is 11.3 Å². The summed E-state index contributed by atoms with van der Waals surface area (Å²) < 4.78 is 6.98. The van der Waals surface area contributed by atoms with E-state index >= 15 is 0 Å². The zero-order valence-electron chi connectivity index (χ0n) is 16.9. The molecule has 1 amide bonds. The fraction of sp³-hybridized carbons (Fsp3) is 0.217. The van der Waals surface area contributed by atoms with Crippen molar-refractivity contribution >= 4 is 23.3 Å². The Morgan fingerprint density at radius 1 is 1.13 bits per heavy atom. The van der Waals surface area contributed by atoms with Crippen LogP contribution in [-0.4, -0.2) is 34.0 Å². The number of benzene rings is 2. The molecule has 1 aromatic heterocycles. The van der Waals surface area contributed by atoms with Crippen molar-refractivity contribution in [3.8, 4) is 5.69 Å². The molecule has 152 valence electrons. The van der Waals surface area contributed by atoms with Crippen LogP contribution in [0.3, 0.4) is 0 Å². The van der Waals surface area contributed by atoms with E-state index in [1.807, 2.05) is 30.3 Å². The summed E-state index contributed by atoms with van der Waals surface area (Å²) in [6, 6.07) is 14.5. The average molecular weight is 403 g/mol. The normalized spacial score (nSPS) is 14.9. The van der Waals surface area contributed by atoms with E-state index in [1.54, 1.807) is 43.7 Å². The Morgan fingerprint density at radius 3 is 2.60 bits per heavy atom. The molecule has 4 rings (SSSR count). The first-order chi connectivity index (χ1) is 14.4. The maximum absolute atomic E-state index is 12.7. The molecule has 2 aromatic carbocycles. The van der Waals surface area contributed by atoms with E-state index in [4.69, 9.17) is 4.74 Å². The molecular formula is C23H21N3O4. The Bertz CT molecular complexity index is 1160. The van der Waals surface area contributed by atoms with Gasteiger partial charge < -0.3 is 10.1 Å². The summed E-state index contributed by atoms with van der Waals surface area (Å²) in [6.45, 7) is 4.92. The Morgan fingerprint density at radius 2 is 1.87 bits per heavy atom. The lowest BCUT2D eigenvalue weighted by Crippen LogP contribution is -2.15. The van der Waals surface area contributed by atoms with E-state index in [1.165, 1.54) is 0 Å². The van der Waals surface area contributed by atoms with E-state index in [-0.39, 0.29) is 24.2 Å². The smallest absolute Gasteiger partial charge is 0.342 e. The predicted octanol–water partition coefficient (Wildman–Crippen LogP) is 3.58. The molecule has 7 heteroatoms. The number of nitrogens with zero attached hydrogens (tertiary/aromatic N) is 2. The van der Waals surface area contributed by atoms with Gasteiger partial charge in [-0.3, -0.25) is 9.59 Å². The van der Waals surface area contributed by atoms with Crippen LogP contribution in [0.25, 0.3) is 5.69 Å². The molecule has 3 aromatic rings. The molecule has 0 unspecified atom stereocenters. The molecule has 0 aliphatic carbocycles. The Labute approximate surface area is 173 Å². The molecule has 1 aliphatic heterocycles. The number of aromatic nitrogens is 2. The number of rotatable bonds is 5. The van der Waals surface area contributed by atoms with Gasteiger partial charge in [0, 0.05) is 11.3 Å². The van der Waals surface area contributed by atoms with Gasteiger partial charge in [-0.2, -0.15) is 5.10 Å². The second-order valence-electron chi connectivity index (χ2n) is 7.31. The van der Waals surface area contributed by atoms with Gasteiger partial charge in [-0.25, -0.2) is 9.48 Å². The molecule has 2 heterocycles. The SMILES string of the molecule is Cc1nn(-c2ccccc2)c(C)c1C(=O)OCC(=O)c1ccc2c(c1)[C@@H](C)C(=O)N2. The number of aryl methyl sites for hydroxylation is 1. The number of para-hydroxylation sites is 1. The molecular weight excluding hydrogens is 382 g/mol. The largest absolute Gasteiger partial charge is 0.454 e. The van der Waals surface area contributed by atoms with Gasteiger partial charge >= 0.3 is 5.97 Å². The minimum Gasteiger partial charge on any atom is -0.454 e. The number of fused-ring (bicyclic) bond motifs is 1. The van der Waals surface area contributed by atoms with Gasteiger partial charge in [-0.05, 0) is 56.7 Å². The van der Waals surface area contributed by atoms with E-state index in [0.29, 0.717) is 28.2 Å². The van der Waals surface area contributed by atoms with Crippen molar-refractivity contribution in [2.45, 2.75) is 26.7 Å². The number of hydrogen-bond donors (Lipinski definition) is 1. The first-order valence-electron chi connectivity index (χ1n) is 9.63. The van der Waals surface area contributed by atoms with Crippen molar-refractivity contribution in [1.29, 1.82) is 0 Å². The Kier molecular flexibility index (Phi) is 4.95. The van der Waals surface area contributed by atoms with Gasteiger partial charge in [-0.15, -0.1) is 0 Å². The summed E-state index contributed by atoms with van der Waals surface area (Å²) >= 11 is 0. The first kappa shape index (κ1) is 19.6. The van der Waals surface area contributed by atoms with Crippen molar-refractivity contribution in [2.24, 2.45) is 0 Å². The number of anilines is 1. The minimum atomic E-state index is -0.591. The molecule has 7 nitrogen and oxygen atoms in total. The molecule has 30 heavy (non-hydrogen) atoms. The summed E-state index contributed by atoms with van der Waals surface area (Å²) in [5.74, 6) is -1.33. The zero-order valence-corrected chi connectivity index (χ0v) is 16.9. The van der Waals surface area contributed by atoms with Crippen molar-refractivity contribution in [3.63, 3.8) is 0 Å². The van der Waals surface area contributed by atoms with Crippen molar-refractivity contribution in [3.05, 3.63) is 76.6 Å². The molecule has 1 N–H and O–H groups in total. The van der Waals surface area contributed by atoms with Crippen LogP contribution in [0.4, 0.5) is 5.69 Å². The number of Topliss-reactive ketones (excluding diaryl/α,β-unsaturated/α-hetero) is 1. The molecule has 0 radical (unpaired) electrons. The van der Waals surface area contributed by atoms with Crippen LogP contribution in [0, 0.1) is 13.8 Å². The van der Waals surface area contributed by atoms with Crippen molar-refractivity contribution < 1.29 is 19.1 Å². The summed E-state index contributed by atoms with van der Waals surface area (Å²) in [5, 5.41) is 7.20. The van der Waals surface area contributed by atoms with Crippen molar-refractivity contribution in [1.82, 2.24) is 9.78 Å². The number of carbonyl (C=O) groups is 3. The standard InChI is InChI=1S/C23H21N3O4/c1-13-18-11-16(9-10-19(18)24-22(13)28)20(27)12-30-23(29)21-14(2)25-26(15(21)3)17-7-5-4-6-8-17/h4-11,13H,12H2,1-3H3,(H,24,28)/t13-/m1/s1. The highest BCUT2D eigenvalue weighted by molar-refractivity contribution is 6.05. The number of carbonyl (C=O) groups excluding carboxylic acids is 3. The number of ether oxygens (including phenoxy) is 1. The van der Waals surface area contributed by atoms with E-state index in [9.17, 15) is 14.4 Å². The second-order valence-corrected chi connectivity index (χ2v) is 7.31. The van der Waals surface area contributed by atoms with Gasteiger partial charge in [0.15, 0.2) is 12.4 Å². The van der Waals surface area contributed by atoms with Gasteiger partial charge in [0.25, 0.3) is 0 Å². The molecule has 0 spiro atoms. The molecule has 0 fully saturated rings. The maximum atomic E-state index is 12.7. The van der Waals surface area contributed by atoms with Crippen LogP contribution in [-0.2, 0) is 9.53 Å². The summed E-state index contributed by atoms with van der Waals surface area (Å²) in [5.41, 5.74) is 4.25. The highest BCUT2D eigenvalue weighted by Crippen LogP contribution is 2.32. The van der Waals surface area contributed by atoms with E-state index in [2.05, 4.69) is 10.4 Å². The van der Waals surface area contributed by atoms with Crippen LogP contribution in [0.5, 0.6) is 0 Å². The van der Waals surface area contributed by atoms with Crippen LogP contribution >= 0.6 is 0 Å². The van der Waals surface area contributed by atoms with Crippen LogP contribution in [0.1, 0.15) is 50.5 Å². The molecule has 1 aliphatic rings. The summed E-state index contributed by atoms with van der Waals surface area (Å²) in [4.78, 5) is 37.0. The van der Waals surface area contributed by atoms with Gasteiger partial charge in [0.2, 0.25) is 5.91 Å². The van der Waals surface area contributed by atoms with Crippen molar-refractivity contribution in [2.75, 3.05) is 11.9 Å². The maximum Gasteiger partial charge on any atom is 0.342 e. The fourth-order valence-electron chi connectivity index (χ4n) is 3.64. The second kappa shape index (κ2) is 7.59. The summed E-state index contributed by atoms with van der Waals surface area (Å²) in [6.07, 6.45) is 0. The lowest BCUT2D eigenvalue weighted by atomic mass is 9.99. The number of nitrogens with one attached hydrogen (secondary N) is 1. The van der Waals surface area contributed by atoms with Gasteiger partial charge in [-0.1, -0.05) is 18.2 Å². The highest BCUT2D eigenvalue weighted by atomic mass is 16.5. The molecule has 0 saturated carbocycles. The highest BCUT2D eigenvalue weighted by Gasteiger charge is 2.27. The minimum absolute atomic E-state index is 0.0950. The fourth-order valence-corrected chi connectivity index (χ4v) is 3.64. The number of amides is 1. The van der Waals surface area contributed by atoms with Gasteiger partial charge in [0.1, 0.15) is 5.56 Å². The third-order valence-corrected chi connectivity index (χ3v) is 5.32. The summed E-state index contributed by atoms with van der Waals surface area (Å²) in [7, 11) is 0. The third kappa shape index (κ3) is 3.39. The molecule has 1 atom stereocenters. The average Bonchev–Trinajstić information content (AvgIpc) is 3.21. The topological polar surface area (TPSA) is 90.3 Å². The number of hydrogen-bond acceptors (Lipinski definition) is 5. The lowest BCUT2D eigenvalue weighted by molar-refractivity contribution is -0.116.